The molecule has 4 rings (SSSR count). The van der Waals surface area contributed by atoms with Crippen LogP contribution in [0.5, 0.6) is 23.0 Å². The minimum atomic E-state index is -1.17. The minimum absolute atomic E-state index is 0. The third-order valence-corrected chi connectivity index (χ3v) is 6.26. The number of ether oxygens (including phenoxy) is 3. The maximum atomic E-state index is 12.5. The fraction of sp³-hybridized carbons (Fsp3) is 0.231. The summed E-state index contributed by atoms with van der Waals surface area (Å²) in [5.41, 5.74) is 1.84. The molecule has 1 atom stereocenters. The number of carbonyl (C=O) groups is 2. The summed E-state index contributed by atoms with van der Waals surface area (Å²) >= 11 is 12.5. The van der Waals surface area contributed by atoms with E-state index < -0.39 is 11.9 Å². The van der Waals surface area contributed by atoms with Gasteiger partial charge in [-0.15, -0.1) is 0 Å². The number of benzene rings is 3. The van der Waals surface area contributed by atoms with Crippen LogP contribution in [-0.2, 0) is 11.2 Å². The fourth-order valence-electron chi connectivity index (χ4n) is 3.91. The molecular formula is C26H22Cl2NNaO6. The number of carboxylic acid groups (broad SMARTS) is 1. The Kier molecular flexibility index (Phi) is 9.93. The molecule has 0 saturated heterocycles. The summed E-state index contributed by atoms with van der Waals surface area (Å²) in [4.78, 5) is 23.9. The monoisotopic (exact) mass is 537 g/mol. The first kappa shape index (κ1) is 28.2. The van der Waals surface area contributed by atoms with E-state index in [9.17, 15) is 14.7 Å². The summed E-state index contributed by atoms with van der Waals surface area (Å²) < 4.78 is 16.8. The van der Waals surface area contributed by atoms with E-state index in [0.717, 1.165) is 5.56 Å². The van der Waals surface area contributed by atoms with Gasteiger partial charge in [0.25, 0.3) is 5.91 Å². The molecule has 0 spiro atoms. The zero-order valence-electron chi connectivity index (χ0n) is 19.8. The largest absolute Gasteiger partial charge is 1.00 e. The molecule has 1 aliphatic rings. The third-order valence-electron chi connectivity index (χ3n) is 5.67. The molecule has 1 aliphatic heterocycles. The molecule has 3 aromatic carbocycles. The van der Waals surface area contributed by atoms with Gasteiger partial charge in [0.2, 0.25) is 0 Å². The normalized spacial score (nSPS) is 14.0. The Hall–Kier alpha value is -2.42. The number of hydrogen-bond donors (Lipinski definition) is 1. The van der Waals surface area contributed by atoms with E-state index in [0.29, 0.717) is 58.5 Å². The summed E-state index contributed by atoms with van der Waals surface area (Å²) in [6, 6.07) is 15.2. The number of nitrogens with one attached hydrogen (secondary N) is 1. The Morgan fingerprint density at radius 1 is 1.11 bits per heavy atom. The van der Waals surface area contributed by atoms with Gasteiger partial charge in [-0.1, -0.05) is 35.3 Å². The Balaban J connectivity index is 0.00000361. The number of aliphatic carboxylic acids is 1. The summed E-state index contributed by atoms with van der Waals surface area (Å²) in [7, 11) is 1.56. The van der Waals surface area contributed by atoms with E-state index in [-0.39, 0.29) is 47.1 Å². The van der Waals surface area contributed by atoms with Crippen molar-refractivity contribution in [3.63, 3.8) is 0 Å². The van der Waals surface area contributed by atoms with Gasteiger partial charge in [-0.25, -0.2) is 0 Å². The quantitative estimate of drug-likeness (QED) is 0.436. The SMILES string of the molecule is COc1c(Cl)cccc1CCNC(=O)c1ccc(Oc2cc3c(cc2Cl)C(C(=O)[O-])CCO3)cc1.[Na+]. The Morgan fingerprint density at radius 3 is 2.56 bits per heavy atom. The van der Waals surface area contributed by atoms with E-state index in [4.69, 9.17) is 37.4 Å². The third kappa shape index (κ3) is 6.47. The number of hydrogen-bond acceptors (Lipinski definition) is 6. The molecule has 0 aliphatic carbocycles. The number of fused-ring (bicyclic) bond motifs is 1. The molecule has 3 aromatic rings. The van der Waals surface area contributed by atoms with Crippen molar-refractivity contribution in [2.45, 2.75) is 18.8 Å². The van der Waals surface area contributed by atoms with Crippen molar-refractivity contribution in [1.29, 1.82) is 0 Å². The zero-order chi connectivity index (χ0) is 24.9. The first-order valence-corrected chi connectivity index (χ1v) is 11.7. The van der Waals surface area contributed by atoms with E-state index in [1.165, 1.54) is 6.07 Å². The van der Waals surface area contributed by atoms with Crippen LogP contribution in [0.15, 0.2) is 54.6 Å². The summed E-state index contributed by atoms with van der Waals surface area (Å²) in [6.45, 7) is 0.673. The molecule has 182 valence electrons. The second-order valence-corrected chi connectivity index (χ2v) is 8.71. The molecule has 0 bridgehead atoms. The van der Waals surface area contributed by atoms with Gasteiger partial charge in [-0.2, -0.15) is 0 Å². The number of halogens is 2. The Morgan fingerprint density at radius 2 is 1.86 bits per heavy atom. The van der Waals surface area contributed by atoms with Gasteiger partial charge in [0, 0.05) is 35.6 Å². The second kappa shape index (κ2) is 12.7. The van der Waals surface area contributed by atoms with Gasteiger partial charge in [0.15, 0.2) is 0 Å². The number of amides is 1. The molecule has 10 heteroatoms. The van der Waals surface area contributed by atoms with Gasteiger partial charge < -0.3 is 29.4 Å². The molecule has 0 aromatic heterocycles. The molecule has 1 N–H and O–H groups in total. The van der Waals surface area contributed by atoms with Gasteiger partial charge >= 0.3 is 29.6 Å². The zero-order valence-corrected chi connectivity index (χ0v) is 23.3. The fourth-order valence-corrected chi connectivity index (χ4v) is 4.39. The molecule has 36 heavy (non-hydrogen) atoms. The van der Waals surface area contributed by atoms with Crippen LogP contribution in [0.1, 0.15) is 33.8 Å². The van der Waals surface area contributed by atoms with Crippen LogP contribution >= 0.6 is 23.2 Å². The molecule has 1 amide bonds. The maximum absolute atomic E-state index is 12.5. The summed E-state index contributed by atoms with van der Waals surface area (Å²) in [5.74, 6) is -0.395. The van der Waals surface area contributed by atoms with Crippen molar-refractivity contribution in [2.24, 2.45) is 0 Å². The van der Waals surface area contributed by atoms with Crippen molar-refractivity contribution in [3.05, 3.63) is 81.3 Å². The smallest absolute Gasteiger partial charge is 0.549 e. The van der Waals surface area contributed by atoms with Gasteiger partial charge in [-0.05, 0) is 54.8 Å². The molecule has 7 nitrogen and oxygen atoms in total. The first-order valence-electron chi connectivity index (χ1n) is 10.9. The predicted molar refractivity (Wildman–Crippen MR) is 130 cm³/mol. The average molecular weight is 538 g/mol. The van der Waals surface area contributed by atoms with Crippen LogP contribution < -0.4 is 54.2 Å². The molecule has 0 fully saturated rings. The van der Waals surface area contributed by atoms with Crippen LogP contribution in [0.25, 0.3) is 0 Å². The number of rotatable bonds is 8. The number of para-hydroxylation sites is 1. The van der Waals surface area contributed by atoms with Crippen LogP contribution in [0.3, 0.4) is 0 Å². The van der Waals surface area contributed by atoms with Crippen molar-refractivity contribution in [2.75, 3.05) is 20.3 Å². The standard InChI is InChI=1S/C26H23Cl2NO6.Na/c1-33-24-15(3-2-4-20(24)27)9-11-29-25(30)16-5-7-17(8-6-16)35-23-14-22-19(13-21(23)28)18(26(31)32)10-12-34-22;/h2-8,13-14,18H,9-12H2,1H3,(H,29,30)(H,31,32);/q;+1/p-1. The Labute approximate surface area is 240 Å². The van der Waals surface area contributed by atoms with Gasteiger partial charge in [-0.3, -0.25) is 4.79 Å². The van der Waals surface area contributed by atoms with Crippen LogP contribution in [-0.4, -0.2) is 32.1 Å². The maximum Gasteiger partial charge on any atom is 1.00 e. The minimum Gasteiger partial charge on any atom is -0.549 e. The molecule has 0 radical (unpaired) electrons. The average Bonchev–Trinajstić information content (AvgIpc) is 2.84. The van der Waals surface area contributed by atoms with Crippen LogP contribution in [0.2, 0.25) is 10.0 Å². The van der Waals surface area contributed by atoms with E-state index >= 15 is 0 Å². The van der Waals surface area contributed by atoms with E-state index in [1.807, 2.05) is 12.1 Å². The van der Waals surface area contributed by atoms with Gasteiger partial charge in [0.1, 0.15) is 23.0 Å². The molecule has 0 saturated carbocycles. The van der Waals surface area contributed by atoms with Gasteiger partial charge in [0.05, 0.1) is 23.8 Å². The van der Waals surface area contributed by atoms with Crippen LogP contribution in [0.4, 0.5) is 0 Å². The number of carboxylic acids is 1. The first-order chi connectivity index (χ1) is 16.9. The van der Waals surface area contributed by atoms with Crippen molar-refractivity contribution < 1.29 is 58.5 Å². The number of methoxy groups -OCH3 is 1. The summed E-state index contributed by atoms with van der Waals surface area (Å²) in [5, 5.41) is 15.0. The number of carbonyl (C=O) groups excluding carboxylic acids is 2. The van der Waals surface area contributed by atoms with Crippen LogP contribution in [0, 0.1) is 0 Å². The predicted octanol–water partition coefficient (Wildman–Crippen LogP) is 1.39. The van der Waals surface area contributed by atoms with Crippen molar-refractivity contribution in [3.8, 4) is 23.0 Å². The topological polar surface area (TPSA) is 96.9 Å². The Bertz CT molecular complexity index is 1250. The van der Waals surface area contributed by atoms with Crippen molar-refractivity contribution >= 4 is 35.1 Å². The molecular weight excluding hydrogens is 516 g/mol. The van der Waals surface area contributed by atoms with E-state index in [2.05, 4.69) is 5.32 Å². The van der Waals surface area contributed by atoms with Crippen molar-refractivity contribution in [1.82, 2.24) is 5.32 Å². The molecule has 1 unspecified atom stereocenters. The molecule has 1 heterocycles. The van der Waals surface area contributed by atoms with E-state index in [1.54, 1.807) is 43.5 Å². The summed E-state index contributed by atoms with van der Waals surface area (Å²) in [6.07, 6.45) is 0.885. The second-order valence-electron chi connectivity index (χ2n) is 7.89.